The molecule has 0 aromatic carbocycles. The van der Waals surface area contributed by atoms with Crippen LogP contribution in [0.1, 0.15) is 17.8 Å². The van der Waals surface area contributed by atoms with Crippen LogP contribution >= 0.6 is 0 Å². The Morgan fingerprint density at radius 3 is 3.17 bits per heavy atom. The lowest BCUT2D eigenvalue weighted by atomic mass is 10.0. The molecule has 5 nitrogen and oxygen atoms in total. The molecule has 0 aliphatic carbocycles. The van der Waals surface area contributed by atoms with Gasteiger partial charge in [0.15, 0.2) is 0 Å². The van der Waals surface area contributed by atoms with E-state index in [4.69, 9.17) is 0 Å². The van der Waals surface area contributed by atoms with E-state index in [0.29, 0.717) is 0 Å². The predicted molar refractivity (Wildman–Crippen MR) is 68.9 cm³/mol. The lowest BCUT2D eigenvalue weighted by molar-refractivity contribution is 0.309. The zero-order chi connectivity index (χ0) is 12.4. The maximum absolute atomic E-state index is 4.28. The molecule has 1 unspecified atom stereocenters. The molecule has 0 spiro atoms. The van der Waals surface area contributed by atoms with Crippen molar-refractivity contribution in [3.63, 3.8) is 0 Å². The standard InChI is InChI=1S/C13H19N5/c1-17-8-12(7-16-17)6-11-2-5-18(9-11)10-13-14-3-4-15-13/h3-4,7-8,11H,2,5-6,9-10H2,1H3,(H,14,15). The van der Waals surface area contributed by atoms with Crippen LogP contribution < -0.4 is 0 Å². The summed E-state index contributed by atoms with van der Waals surface area (Å²) in [6.45, 7) is 3.28. The van der Waals surface area contributed by atoms with Crippen molar-refractivity contribution >= 4 is 0 Å². The fourth-order valence-electron chi connectivity index (χ4n) is 2.73. The first-order chi connectivity index (χ1) is 8.79. The molecule has 96 valence electrons. The van der Waals surface area contributed by atoms with Gasteiger partial charge in [0, 0.05) is 32.2 Å². The van der Waals surface area contributed by atoms with Crippen LogP contribution in [0.4, 0.5) is 0 Å². The van der Waals surface area contributed by atoms with Gasteiger partial charge in [0.25, 0.3) is 0 Å². The monoisotopic (exact) mass is 245 g/mol. The number of likely N-dealkylation sites (tertiary alicyclic amines) is 1. The van der Waals surface area contributed by atoms with Crippen LogP contribution in [-0.4, -0.2) is 37.7 Å². The van der Waals surface area contributed by atoms with Crippen LogP contribution in [0, 0.1) is 5.92 Å². The van der Waals surface area contributed by atoms with Crippen LogP contribution in [0.25, 0.3) is 0 Å². The Morgan fingerprint density at radius 2 is 2.44 bits per heavy atom. The lowest BCUT2D eigenvalue weighted by Crippen LogP contribution is -2.21. The van der Waals surface area contributed by atoms with Crippen LogP contribution in [0.2, 0.25) is 0 Å². The number of aromatic nitrogens is 4. The number of imidazole rings is 1. The van der Waals surface area contributed by atoms with E-state index in [1.165, 1.54) is 18.5 Å². The number of aryl methyl sites for hydroxylation is 1. The predicted octanol–water partition coefficient (Wildman–Crippen LogP) is 1.21. The second-order valence-electron chi connectivity index (χ2n) is 5.15. The van der Waals surface area contributed by atoms with Gasteiger partial charge in [-0.2, -0.15) is 5.10 Å². The van der Waals surface area contributed by atoms with Gasteiger partial charge in [0.1, 0.15) is 5.82 Å². The van der Waals surface area contributed by atoms with Crippen LogP contribution in [0.5, 0.6) is 0 Å². The molecule has 1 atom stereocenters. The molecule has 3 rings (SSSR count). The molecule has 1 fully saturated rings. The van der Waals surface area contributed by atoms with Gasteiger partial charge >= 0.3 is 0 Å². The van der Waals surface area contributed by atoms with Crippen LogP contribution in [0.3, 0.4) is 0 Å². The first-order valence-corrected chi connectivity index (χ1v) is 6.48. The van der Waals surface area contributed by atoms with Crippen molar-refractivity contribution in [3.8, 4) is 0 Å². The molecule has 18 heavy (non-hydrogen) atoms. The topological polar surface area (TPSA) is 49.7 Å². The minimum absolute atomic E-state index is 0.754. The summed E-state index contributed by atoms with van der Waals surface area (Å²) in [4.78, 5) is 9.92. The summed E-state index contributed by atoms with van der Waals surface area (Å²) in [5.41, 5.74) is 1.35. The highest BCUT2D eigenvalue weighted by Crippen LogP contribution is 2.21. The van der Waals surface area contributed by atoms with Gasteiger partial charge in [-0.3, -0.25) is 9.58 Å². The van der Waals surface area contributed by atoms with Gasteiger partial charge in [-0.25, -0.2) is 4.98 Å². The first kappa shape index (κ1) is 11.5. The molecule has 1 saturated heterocycles. The van der Waals surface area contributed by atoms with E-state index in [-0.39, 0.29) is 0 Å². The van der Waals surface area contributed by atoms with Gasteiger partial charge in [0.05, 0.1) is 12.7 Å². The van der Waals surface area contributed by atoms with Gasteiger partial charge < -0.3 is 4.98 Å². The SMILES string of the molecule is Cn1cc(CC2CCN(Cc3ncc[nH]3)C2)cn1. The zero-order valence-corrected chi connectivity index (χ0v) is 10.7. The van der Waals surface area contributed by atoms with E-state index in [9.17, 15) is 0 Å². The number of hydrogen-bond acceptors (Lipinski definition) is 3. The van der Waals surface area contributed by atoms with Crippen LogP contribution in [0.15, 0.2) is 24.8 Å². The average Bonchev–Trinajstić information content (AvgIpc) is 3.04. The second kappa shape index (κ2) is 4.94. The summed E-state index contributed by atoms with van der Waals surface area (Å²) in [5, 5.41) is 4.23. The van der Waals surface area contributed by atoms with Crippen molar-refractivity contribution in [3.05, 3.63) is 36.2 Å². The van der Waals surface area contributed by atoms with Crippen molar-refractivity contribution in [2.75, 3.05) is 13.1 Å². The maximum Gasteiger partial charge on any atom is 0.120 e. The molecule has 1 aliphatic heterocycles. The molecule has 0 radical (unpaired) electrons. The number of H-pyrrole nitrogens is 1. The number of aromatic amines is 1. The van der Waals surface area contributed by atoms with Crippen molar-refractivity contribution in [2.45, 2.75) is 19.4 Å². The summed E-state index contributed by atoms with van der Waals surface area (Å²) in [7, 11) is 1.97. The van der Waals surface area contributed by atoms with E-state index in [2.05, 4.69) is 26.2 Å². The number of hydrogen-bond donors (Lipinski definition) is 1. The Morgan fingerprint density at radius 1 is 1.50 bits per heavy atom. The first-order valence-electron chi connectivity index (χ1n) is 6.48. The Kier molecular flexibility index (Phi) is 3.15. The van der Waals surface area contributed by atoms with Crippen molar-refractivity contribution in [1.29, 1.82) is 0 Å². The molecule has 5 heteroatoms. The number of nitrogens with zero attached hydrogens (tertiary/aromatic N) is 4. The summed E-state index contributed by atoms with van der Waals surface area (Å²) in [5.74, 6) is 1.82. The van der Waals surface area contributed by atoms with Gasteiger partial charge in [-0.05, 0) is 30.9 Å². The highest BCUT2D eigenvalue weighted by atomic mass is 15.2. The highest BCUT2D eigenvalue weighted by Gasteiger charge is 2.23. The summed E-state index contributed by atoms with van der Waals surface area (Å²) in [6, 6.07) is 0. The zero-order valence-electron chi connectivity index (χ0n) is 10.7. The smallest absolute Gasteiger partial charge is 0.120 e. The molecular formula is C13H19N5. The molecule has 0 saturated carbocycles. The maximum atomic E-state index is 4.28. The lowest BCUT2D eigenvalue weighted by Gasteiger charge is -2.14. The Hall–Kier alpha value is -1.62. The molecule has 2 aromatic rings. The van der Waals surface area contributed by atoms with Gasteiger partial charge in [0.2, 0.25) is 0 Å². The van der Waals surface area contributed by atoms with Crippen molar-refractivity contribution in [1.82, 2.24) is 24.6 Å². The molecule has 3 heterocycles. The van der Waals surface area contributed by atoms with Crippen LogP contribution in [-0.2, 0) is 20.0 Å². The van der Waals surface area contributed by atoms with E-state index in [1.54, 1.807) is 0 Å². The fourth-order valence-corrected chi connectivity index (χ4v) is 2.73. The van der Waals surface area contributed by atoms with Crippen molar-refractivity contribution < 1.29 is 0 Å². The molecular weight excluding hydrogens is 226 g/mol. The highest BCUT2D eigenvalue weighted by molar-refractivity contribution is 5.05. The summed E-state index contributed by atoms with van der Waals surface area (Å²) >= 11 is 0. The minimum Gasteiger partial charge on any atom is -0.348 e. The quantitative estimate of drug-likeness (QED) is 0.880. The molecule has 2 aromatic heterocycles. The third kappa shape index (κ3) is 2.61. The Balaban J connectivity index is 1.52. The number of rotatable bonds is 4. The third-order valence-electron chi connectivity index (χ3n) is 3.58. The summed E-state index contributed by atoms with van der Waals surface area (Å²) in [6.07, 6.45) is 10.2. The average molecular weight is 245 g/mol. The summed E-state index contributed by atoms with van der Waals surface area (Å²) < 4.78 is 1.88. The fraction of sp³-hybridized carbons (Fsp3) is 0.538. The molecule has 0 bridgehead atoms. The third-order valence-corrected chi connectivity index (χ3v) is 3.58. The van der Waals surface area contributed by atoms with Gasteiger partial charge in [-0.15, -0.1) is 0 Å². The van der Waals surface area contributed by atoms with E-state index in [1.807, 2.05) is 30.3 Å². The molecule has 1 N–H and O–H groups in total. The Labute approximate surface area is 107 Å². The van der Waals surface area contributed by atoms with E-state index < -0.39 is 0 Å². The second-order valence-corrected chi connectivity index (χ2v) is 5.15. The molecule has 1 aliphatic rings. The normalized spacial score (nSPS) is 20.6. The number of nitrogens with one attached hydrogen (secondary N) is 1. The van der Waals surface area contributed by atoms with Gasteiger partial charge in [-0.1, -0.05) is 0 Å². The largest absolute Gasteiger partial charge is 0.348 e. The Bertz CT molecular complexity index is 487. The molecule has 0 amide bonds. The minimum atomic E-state index is 0.754. The van der Waals surface area contributed by atoms with E-state index >= 15 is 0 Å². The van der Waals surface area contributed by atoms with E-state index in [0.717, 1.165) is 31.3 Å². The van der Waals surface area contributed by atoms with Crippen molar-refractivity contribution in [2.24, 2.45) is 13.0 Å².